The van der Waals surface area contributed by atoms with Crippen LogP contribution in [0.1, 0.15) is 12.5 Å². The number of morpholine rings is 1. The van der Waals surface area contributed by atoms with Crippen molar-refractivity contribution in [2.45, 2.75) is 13.0 Å². The number of pyridine rings is 1. The zero-order valence-electron chi connectivity index (χ0n) is 13.7. The first-order chi connectivity index (χ1) is 11.7. The van der Waals surface area contributed by atoms with Crippen LogP contribution in [-0.2, 0) is 9.53 Å². The van der Waals surface area contributed by atoms with Crippen LogP contribution in [0.25, 0.3) is 6.08 Å². The predicted octanol–water partition coefficient (Wildman–Crippen LogP) is 2.96. The highest BCUT2D eigenvalue weighted by atomic mass is 16.5. The van der Waals surface area contributed by atoms with Gasteiger partial charge in [0.05, 0.1) is 12.7 Å². The molecule has 2 aromatic rings. The summed E-state index contributed by atoms with van der Waals surface area (Å²) in [7, 11) is 0. The van der Waals surface area contributed by atoms with Gasteiger partial charge in [-0.3, -0.25) is 9.78 Å². The van der Waals surface area contributed by atoms with Gasteiger partial charge in [0.25, 0.3) is 0 Å². The van der Waals surface area contributed by atoms with Crippen molar-refractivity contribution in [3.05, 3.63) is 60.4 Å². The van der Waals surface area contributed by atoms with Crippen molar-refractivity contribution < 1.29 is 9.53 Å². The van der Waals surface area contributed by atoms with Gasteiger partial charge in [-0.25, -0.2) is 0 Å². The van der Waals surface area contributed by atoms with Crippen LogP contribution in [0.5, 0.6) is 0 Å². The van der Waals surface area contributed by atoms with E-state index in [1.165, 1.54) is 6.08 Å². The van der Waals surface area contributed by atoms with Gasteiger partial charge in [-0.1, -0.05) is 6.07 Å². The van der Waals surface area contributed by atoms with Crippen molar-refractivity contribution in [3.8, 4) is 0 Å². The van der Waals surface area contributed by atoms with Gasteiger partial charge in [0.15, 0.2) is 0 Å². The lowest BCUT2D eigenvalue weighted by Gasteiger charge is -2.33. The molecular formula is C19H21N3O2. The lowest BCUT2D eigenvalue weighted by Crippen LogP contribution is -2.41. The Hall–Kier alpha value is -2.66. The Labute approximate surface area is 142 Å². The third-order valence-corrected chi connectivity index (χ3v) is 3.85. The summed E-state index contributed by atoms with van der Waals surface area (Å²) in [6.45, 7) is 4.61. The minimum absolute atomic E-state index is 0.161. The smallest absolute Gasteiger partial charge is 0.248 e. The number of rotatable bonds is 4. The van der Waals surface area contributed by atoms with Crippen molar-refractivity contribution in [1.82, 2.24) is 4.98 Å². The first-order valence-electron chi connectivity index (χ1n) is 8.06. The molecule has 2 heterocycles. The lowest BCUT2D eigenvalue weighted by atomic mass is 10.2. The number of carbonyl (C=O) groups is 1. The van der Waals surface area contributed by atoms with Crippen LogP contribution in [0.4, 0.5) is 11.4 Å². The molecule has 0 radical (unpaired) electrons. The molecule has 0 spiro atoms. The molecule has 0 bridgehead atoms. The number of amides is 1. The summed E-state index contributed by atoms with van der Waals surface area (Å²) in [6, 6.07) is 11.6. The van der Waals surface area contributed by atoms with E-state index >= 15 is 0 Å². The number of anilines is 2. The SMILES string of the molecule is C[C@H]1CN(c2ccc(NC(=O)/C=C/c3cccnc3)cc2)CCO1. The van der Waals surface area contributed by atoms with Gasteiger partial charge in [0.1, 0.15) is 0 Å². The van der Waals surface area contributed by atoms with Crippen molar-refractivity contribution >= 4 is 23.4 Å². The maximum atomic E-state index is 12.0. The Morgan fingerprint density at radius 2 is 2.17 bits per heavy atom. The van der Waals surface area contributed by atoms with E-state index in [0.717, 1.165) is 36.6 Å². The molecule has 1 amide bonds. The molecule has 1 N–H and O–H groups in total. The van der Waals surface area contributed by atoms with E-state index in [0.29, 0.717) is 0 Å². The van der Waals surface area contributed by atoms with Gasteiger partial charge >= 0.3 is 0 Å². The fourth-order valence-corrected chi connectivity index (χ4v) is 2.64. The van der Waals surface area contributed by atoms with E-state index in [-0.39, 0.29) is 12.0 Å². The normalized spacial score (nSPS) is 17.9. The van der Waals surface area contributed by atoms with E-state index in [4.69, 9.17) is 4.74 Å². The highest BCUT2D eigenvalue weighted by Crippen LogP contribution is 2.20. The largest absolute Gasteiger partial charge is 0.375 e. The number of aromatic nitrogens is 1. The van der Waals surface area contributed by atoms with E-state index in [1.54, 1.807) is 18.5 Å². The van der Waals surface area contributed by atoms with Gasteiger partial charge in [-0.15, -0.1) is 0 Å². The molecule has 5 nitrogen and oxygen atoms in total. The second-order valence-electron chi connectivity index (χ2n) is 5.78. The number of nitrogens with zero attached hydrogens (tertiary/aromatic N) is 2. The van der Waals surface area contributed by atoms with Crippen molar-refractivity contribution in [2.24, 2.45) is 0 Å². The third kappa shape index (κ3) is 4.43. The molecule has 0 unspecified atom stereocenters. The van der Waals surface area contributed by atoms with Gasteiger partial charge in [0.2, 0.25) is 5.91 Å². The van der Waals surface area contributed by atoms with Gasteiger partial charge in [-0.05, 0) is 48.9 Å². The van der Waals surface area contributed by atoms with E-state index in [2.05, 4.69) is 22.1 Å². The van der Waals surface area contributed by atoms with Crippen LogP contribution < -0.4 is 10.2 Å². The first kappa shape index (κ1) is 16.2. The monoisotopic (exact) mass is 323 g/mol. The molecule has 1 saturated heterocycles. The van der Waals surface area contributed by atoms with Crippen LogP contribution in [0.2, 0.25) is 0 Å². The highest BCUT2D eigenvalue weighted by molar-refractivity contribution is 6.01. The number of carbonyl (C=O) groups excluding carboxylic acids is 1. The summed E-state index contributed by atoms with van der Waals surface area (Å²) >= 11 is 0. The molecule has 0 aliphatic carbocycles. The number of ether oxygens (including phenoxy) is 1. The molecule has 1 aliphatic rings. The standard InChI is InChI=1S/C19H21N3O2/c1-15-14-22(11-12-24-15)18-7-5-17(6-8-18)21-19(23)9-4-16-3-2-10-20-13-16/h2-10,13,15H,11-12,14H2,1H3,(H,21,23)/b9-4+/t15-/m0/s1. The van der Waals surface area contributed by atoms with Crippen molar-refractivity contribution in [1.29, 1.82) is 0 Å². The number of hydrogen-bond donors (Lipinski definition) is 1. The molecule has 1 aromatic heterocycles. The maximum absolute atomic E-state index is 12.0. The van der Waals surface area contributed by atoms with E-state index in [1.807, 2.05) is 36.4 Å². The van der Waals surface area contributed by atoms with E-state index < -0.39 is 0 Å². The van der Waals surface area contributed by atoms with Crippen LogP contribution >= 0.6 is 0 Å². The molecule has 3 rings (SSSR count). The van der Waals surface area contributed by atoms with Gasteiger partial charge < -0.3 is 15.0 Å². The van der Waals surface area contributed by atoms with Crippen molar-refractivity contribution in [3.63, 3.8) is 0 Å². The number of hydrogen-bond acceptors (Lipinski definition) is 4. The van der Waals surface area contributed by atoms with Crippen LogP contribution in [0.15, 0.2) is 54.9 Å². The van der Waals surface area contributed by atoms with Gasteiger partial charge in [0, 0.05) is 42.9 Å². The van der Waals surface area contributed by atoms with Gasteiger partial charge in [-0.2, -0.15) is 0 Å². The Bertz CT molecular complexity index is 698. The topological polar surface area (TPSA) is 54.5 Å². The molecule has 1 fully saturated rings. The zero-order chi connectivity index (χ0) is 16.8. The first-order valence-corrected chi connectivity index (χ1v) is 8.06. The summed E-state index contributed by atoms with van der Waals surface area (Å²) < 4.78 is 5.56. The maximum Gasteiger partial charge on any atom is 0.248 e. The third-order valence-electron chi connectivity index (χ3n) is 3.85. The average molecular weight is 323 g/mol. The number of benzene rings is 1. The molecular weight excluding hydrogens is 302 g/mol. The molecule has 5 heteroatoms. The summed E-state index contributed by atoms with van der Waals surface area (Å²) in [6.07, 6.45) is 6.91. The minimum Gasteiger partial charge on any atom is -0.375 e. The quantitative estimate of drug-likeness (QED) is 0.879. The van der Waals surface area contributed by atoms with E-state index in [9.17, 15) is 4.79 Å². The second-order valence-corrected chi connectivity index (χ2v) is 5.78. The molecule has 1 aliphatic heterocycles. The minimum atomic E-state index is -0.161. The number of nitrogens with one attached hydrogen (secondary N) is 1. The molecule has 1 aromatic carbocycles. The van der Waals surface area contributed by atoms with Crippen LogP contribution in [0.3, 0.4) is 0 Å². The molecule has 0 saturated carbocycles. The Morgan fingerprint density at radius 3 is 2.88 bits per heavy atom. The lowest BCUT2D eigenvalue weighted by molar-refractivity contribution is -0.111. The molecule has 24 heavy (non-hydrogen) atoms. The second kappa shape index (κ2) is 7.75. The fraction of sp³-hybridized carbons (Fsp3) is 0.263. The Kier molecular flexibility index (Phi) is 5.23. The van der Waals surface area contributed by atoms with Crippen LogP contribution in [0, 0.1) is 0 Å². The Balaban J connectivity index is 1.57. The summed E-state index contributed by atoms with van der Waals surface area (Å²) in [5, 5.41) is 2.86. The van der Waals surface area contributed by atoms with Crippen LogP contribution in [-0.4, -0.2) is 36.7 Å². The zero-order valence-corrected chi connectivity index (χ0v) is 13.7. The molecule has 1 atom stereocenters. The van der Waals surface area contributed by atoms with Crippen molar-refractivity contribution in [2.75, 3.05) is 29.9 Å². The fourth-order valence-electron chi connectivity index (χ4n) is 2.64. The molecule has 124 valence electrons. The average Bonchev–Trinajstić information content (AvgIpc) is 2.61. The summed E-state index contributed by atoms with van der Waals surface area (Å²) in [5.74, 6) is -0.161. The highest BCUT2D eigenvalue weighted by Gasteiger charge is 2.16. The predicted molar refractivity (Wildman–Crippen MR) is 96.0 cm³/mol. The summed E-state index contributed by atoms with van der Waals surface area (Å²) in [5.41, 5.74) is 2.82. The summed E-state index contributed by atoms with van der Waals surface area (Å²) in [4.78, 5) is 18.3. The Morgan fingerprint density at radius 1 is 1.33 bits per heavy atom.